The van der Waals surface area contributed by atoms with Gasteiger partial charge in [0.15, 0.2) is 0 Å². The number of rotatable bonds is 4. The predicted molar refractivity (Wildman–Crippen MR) is 98.7 cm³/mol. The lowest BCUT2D eigenvalue weighted by Crippen LogP contribution is -2.17. The third kappa shape index (κ3) is 3.72. The zero-order chi connectivity index (χ0) is 17.8. The number of hydrazone groups is 1. The lowest BCUT2D eigenvalue weighted by molar-refractivity contribution is 0.0952. The predicted octanol–water partition coefficient (Wildman–Crippen LogP) is 3.97. The summed E-state index contributed by atoms with van der Waals surface area (Å²) in [5.74, 6) is -0.0387. The number of fused-ring (bicyclic) bond motifs is 1. The Hall–Kier alpha value is -3.05. The number of nitrogens with one attached hydrogen (secondary N) is 1. The molecule has 0 saturated carbocycles. The summed E-state index contributed by atoms with van der Waals surface area (Å²) in [6, 6.07) is 15.7. The molecular formula is C19H15ClN2O3. The van der Waals surface area contributed by atoms with Crippen LogP contribution < -0.4 is 10.2 Å². The van der Waals surface area contributed by atoms with Crippen LogP contribution in [-0.4, -0.2) is 24.3 Å². The van der Waals surface area contributed by atoms with Crippen molar-refractivity contribution < 1.29 is 14.6 Å². The Labute approximate surface area is 149 Å². The van der Waals surface area contributed by atoms with E-state index in [4.69, 9.17) is 16.3 Å². The SMILES string of the molecule is COc1ccc(Cl)cc1C=NNC(=O)c1cc2ccccc2cc1O. The van der Waals surface area contributed by atoms with Crippen molar-refractivity contribution >= 4 is 34.5 Å². The van der Waals surface area contributed by atoms with Crippen molar-refractivity contribution in [2.45, 2.75) is 0 Å². The molecule has 25 heavy (non-hydrogen) atoms. The molecular weight excluding hydrogens is 340 g/mol. The molecule has 3 rings (SSSR count). The van der Waals surface area contributed by atoms with E-state index < -0.39 is 5.91 Å². The second-order valence-corrected chi connectivity index (χ2v) is 5.74. The molecule has 1 amide bonds. The van der Waals surface area contributed by atoms with Crippen molar-refractivity contribution in [2.24, 2.45) is 5.10 Å². The highest BCUT2D eigenvalue weighted by Crippen LogP contribution is 2.25. The number of hydrogen-bond donors (Lipinski definition) is 2. The maximum Gasteiger partial charge on any atom is 0.275 e. The summed E-state index contributed by atoms with van der Waals surface area (Å²) in [5.41, 5.74) is 3.17. The van der Waals surface area contributed by atoms with E-state index in [1.165, 1.54) is 13.3 Å². The van der Waals surface area contributed by atoms with Crippen molar-refractivity contribution in [3.05, 3.63) is 70.7 Å². The van der Waals surface area contributed by atoms with Gasteiger partial charge in [-0.1, -0.05) is 35.9 Å². The smallest absolute Gasteiger partial charge is 0.275 e. The molecule has 2 N–H and O–H groups in total. The van der Waals surface area contributed by atoms with E-state index in [0.29, 0.717) is 16.3 Å². The monoisotopic (exact) mass is 354 g/mol. The van der Waals surface area contributed by atoms with Crippen LogP contribution in [0.5, 0.6) is 11.5 Å². The molecule has 6 heteroatoms. The highest BCUT2D eigenvalue weighted by Gasteiger charge is 2.12. The summed E-state index contributed by atoms with van der Waals surface area (Å²) in [6.45, 7) is 0. The van der Waals surface area contributed by atoms with Crippen molar-refractivity contribution in [3.63, 3.8) is 0 Å². The first-order valence-corrected chi connectivity index (χ1v) is 7.85. The third-order valence-electron chi connectivity index (χ3n) is 3.67. The highest BCUT2D eigenvalue weighted by molar-refractivity contribution is 6.30. The van der Waals surface area contributed by atoms with E-state index in [1.54, 1.807) is 30.3 Å². The molecule has 0 fully saturated rings. The molecule has 3 aromatic carbocycles. The van der Waals surface area contributed by atoms with Gasteiger partial charge in [-0.2, -0.15) is 5.10 Å². The van der Waals surface area contributed by atoms with Gasteiger partial charge in [0, 0.05) is 10.6 Å². The number of hydrogen-bond acceptors (Lipinski definition) is 4. The fraction of sp³-hybridized carbons (Fsp3) is 0.0526. The Morgan fingerprint density at radius 1 is 1.16 bits per heavy atom. The van der Waals surface area contributed by atoms with Crippen LogP contribution in [0.15, 0.2) is 59.7 Å². The summed E-state index contributed by atoms with van der Waals surface area (Å²) in [4.78, 5) is 12.3. The second kappa shape index (κ2) is 7.23. The summed E-state index contributed by atoms with van der Waals surface area (Å²) in [6.07, 6.45) is 1.43. The number of carbonyl (C=O) groups is 1. The van der Waals surface area contributed by atoms with Gasteiger partial charge in [-0.25, -0.2) is 5.43 Å². The van der Waals surface area contributed by atoms with Crippen LogP contribution >= 0.6 is 11.6 Å². The number of ether oxygens (including phenoxy) is 1. The molecule has 0 unspecified atom stereocenters. The van der Waals surface area contributed by atoms with Crippen LogP contribution in [0.1, 0.15) is 15.9 Å². The van der Waals surface area contributed by atoms with E-state index in [1.807, 2.05) is 24.3 Å². The number of halogens is 1. The highest BCUT2D eigenvalue weighted by atomic mass is 35.5. The Balaban J connectivity index is 1.81. The minimum atomic E-state index is -0.513. The van der Waals surface area contributed by atoms with Gasteiger partial charge in [0.25, 0.3) is 5.91 Å². The maximum absolute atomic E-state index is 12.3. The minimum absolute atomic E-state index is 0.105. The number of methoxy groups -OCH3 is 1. The fourth-order valence-electron chi connectivity index (χ4n) is 2.44. The van der Waals surface area contributed by atoms with Gasteiger partial charge in [-0.3, -0.25) is 4.79 Å². The Bertz CT molecular complexity index is 970. The number of benzene rings is 3. The molecule has 0 heterocycles. The van der Waals surface area contributed by atoms with Crippen LogP contribution in [0, 0.1) is 0 Å². The average molecular weight is 355 g/mol. The zero-order valence-corrected chi connectivity index (χ0v) is 14.1. The lowest BCUT2D eigenvalue weighted by atomic mass is 10.1. The van der Waals surface area contributed by atoms with Crippen LogP contribution in [0.2, 0.25) is 5.02 Å². The number of phenolic OH excluding ortho intramolecular Hbond substituents is 1. The van der Waals surface area contributed by atoms with Gasteiger partial charge >= 0.3 is 0 Å². The number of amides is 1. The van der Waals surface area contributed by atoms with Crippen LogP contribution in [0.4, 0.5) is 0 Å². The molecule has 0 atom stereocenters. The molecule has 3 aromatic rings. The number of phenols is 1. The standard InChI is InChI=1S/C19H15ClN2O3/c1-25-18-7-6-15(20)8-14(18)11-21-22-19(24)16-9-12-4-2-3-5-13(12)10-17(16)23/h2-11,23H,1H3,(H,22,24). The Morgan fingerprint density at radius 3 is 2.60 bits per heavy atom. The van der Waals surface area contributed by atoms with E-state index in [-0.39, 0.29) is 11.3 Å². The lowest BCUT2D eigenvalue weighted by Gasteiger charge is -2.06. The van der Waals surface area contributed by atoms with E-state index in [9.17, 15) is 9.90 Å². The van der Waals surface area contributed by atoms with E-state index >= 15 is 0 Å². The molecule has 126 valence electrons. The van der Waals surface area contributed by atoms with Gasteiger partial charge < -0.3 is 9.84 Å². The summed E-state index contributed by atoms with van der Waals surface area (Å²) in [7, 11) is 1.53. The number of nitrogens with zero attached hydrogens (tertiary/aromatic N) is 1. The third-order valence-corrected chi connectivity index (χ3v) is 3.91. The second-order valence-electron chi connectivity index (χ2n) is 5.30. The molecule has 0 saturated heterocycles. The topological polar surface area (TPSA) is 70.9 Å². The van der Waals surface area contributed by atoms with Crippen LogP contribution in [0.3, 0.4) is 0 Å². The van der Waals surface area contributed by atoms with Gasteiger partial charge in [-0.05, 0) is 41.1 Å². The van der Waals surface area contributed by atoms with Crippen molar-refractivity contribution in [3.8, 4) is 11.5 Å². The molecule has 0 aliphatic rings. The number of carbonyl (C=O) groups excluding carboxylic acids is 1. The average Bonchev–Trinajstić information content (AvgIpc) is 2.61. The van der Waals surface area contributed by atoms with Crippen molar-refractivity contribution in [1.82, 2.24) is 5.43 Å². The quantitative estimate of drug-likeness (QED) is 0.550. The molecule has 0 bridgehead atoms. The molecule has 0 aromatic heterocycles. The van der Waals surface area contributed by atoms with Gasteiger partial charge in [0.2, 0.25) is 0 Å². The molecule has 0 radical (unpaired) electrons. The van der Waals surface area contributed by atoms with Gasteiger partial charge in [0.1, 0.15) is 11.5 Å². The summed E-state index contributed by atoms with van der Waals surface area (Å²) < 4.78 is 5.21. The summed E-state index contributed by atoms with van der Waals surface area (Å²) >= 11 is 5.95. The van der Waals surface area contributed by atoms with Crippen molar-refractivity contribution in [1.29, 1.82) is 0 Å². The van der Waals surface area contributed by atoms with Gasteiger partial charge in [0.05, 0.1) is 18.9 Å². The normalized spacial score (nSPS) is 11.0. The van der Waals surface area contributed by atoms with E-state index in [0.717, 1.165) is 10.8 Å². The Kier molecular flexibility index (Phi) is 4.86. The molecule has 0 aliphatic heterocycles. The zero-order valence-electron chi connectivity index (χ0n) is 13.4. The fourth-order valence-corrected chi connectivity index (χ4v) is 2.62. The van der Waals surface area contributed by atoms with Crippen LogP contribution in [0.25, 0.3) is 10.8 Å². The maximum atomic E-state index is 12.3. The first kappa shape index (κ1) is 16.8. The molecule has 0 aliphatic carbocycles. The molecule has 0 spiro atoms. The first-order chi connectivity index (χ1) is 12.1. The molecule has 5 nitrogen and oxygen atoms in total. The van der Waals surface area contributed by atoms with Crippen molar-refractivity contribution in [2.75, 3.05) is 7.11 Å². The largest absolute Gasteiger partial charge is 0.507 e. The minimum Gasteiger partial charge on any atom is -0.507 e. The number of aromatic hydroxyl groups is 1. The van der Waals surface area contributed by atoms with Crippen LogP contribution in [-0.2, 0) is 0 Å². The first-order valence-electron chi connectivity index (χ1n) is 7.47. The Morgan fingerprint density at radius 2 is 1.88 bits per heavy atom. The van der Waals surface area contributed by atoms with Gasteiger partial charge in [-0.15, -0.1) is 0 Å². The van der Waals surface area contributed by atoms with E-state index in [2.05, 4.69) is 10.5 Å². The summed E-state index contributed by atoms with van der Waals surface area (Å²) in [5, 5.41) is 16.2.